The summed E-state index contributed by atoms with van der Waals surface area (Å²) in [6.45, 7) is 3.61. The molecule has 2 heterocycles. The van der Waals surface area contributed by atoms with Crippen molar-refractivity contribution in [3.05, 3.63) is 62.7 Å². The highest BCUT2D eigenvalue weighted by molar-refractivity contribution is 7.88. The van der Waals surface area contributed by atoms with Crippen molar-refractivity contribution >= 4 is 33.1 Å². The summed E-state index contributed by atoms with van der Waals surface area (Å²) in [6.07, 6.45) is 4.36. The smallest absolute Gasteiger partial charge is 0.375 e. The second-order valence-corrected chi connectivity index (χ2v) is 9.79. The predicted octanol–water partition coefficient (Wildman–Crippen LogP) is 5.41. The number of thiazole rings is 1. The van der Waals surface area contributed by atoms with Gasteiger partial charge in [-0.05, 0) is 67.2 Å². The van der Waals surface area contributed by atoms with E-state index in [1.165, 1.54) is 23.6 Å². The summed E-state index contributed by atoms with van der Waals surface area (Å²) in [4.78, 5) is 9.50. The Morgan fingerprint density at radius 3 is 2.58 bits per heavy atom. The Morgan fingerprint density at radius 2 is 1.97 bits per heavy atom. The van der Waals surface area contributed by atoms with Gasteiger partial charge in [-0.2, -0.15) is 26.9 Å². The molecule has 1 aliphatic rings. The van der Waals surface area contributed by atoms with E-state index in [4.69, 9.17) is 0 Å². The predicted molar refractivity (Wildman–Crippen MR) is 118 cm³/mol. The number of rotatable bonds is 4. The van der Waals surface area contributed by atoms with E-state index >= 15 is 0 Å². The number of allylic oxidation sites excluding steroid dienone is 1. The third-order valence-electron chi connectivity index (χ3n) is 5.29. The minimum Gasteiger partial charge on any atom is -0.375 e. The Balaban J connectivity index is 2.01. The van der Waals surface area contributed by atoms with E-state index in [1.807, 2.05) is 13.0 Å². The van der Waals surface area contributed by atoms with E-state index in [0.717, 1.165) is 16.1 Å². The fourth-order valence-corrected chi connectivity index (χ4v) is 5.09. The fraction of sp³-hybridized carbons (Fsp3) is 0.227. The average Bonchev–Trinajstić information content (AvgIpc) is 3.17. The van der Waals surface area contributed by atoms with E-state index in [0.29, 0.717) is 35.2 Å². The van der Waals surface area contributed by atoms with E-state index in [9.17, 15) is 26.9 Å². The molecule has 0 aliphatic heterocycles. The largest absolute Gasteiger partial charge is 0.534 e. The minimum absolute atomic E-state index is 0.275. The quantitative estimate of drug-likeness (QED) is 0.358. The third-order valence-corrected chi connectivity index (χ3v) is 7.26. The standard InChI is InChI=1S/C22H16F3N3O3S2/c1-12-4-3-7-27-20(12)19-16-6-5-14(21-13(2)28-11-32-21)8-15(16)9-18(17(19)10-26)31-33(29,30)22(23,24)25/h3-4,7-9,11H,5-6H2,1-2H3. The van der Waals surface area contributed by atoms with Gasteiger partial charge in [-0.15, -0.1) is 11.3 Å². The van der Waals surface area contributed by atoms with Crippen molar-refractivity contribution in [2.24, 2.45) is 0 Å². The van der Waals surface area contributed by atoms with Crippen LogP contribution in [0.15, 0.2) is 29.9 Å². The van der Waals surface area contributed by atoms with E-state index in [2.05, 4.69) is 14.2 Å². The van der Waals surface area contributed by atoms with Crippen LogP contribution in [0.3, 0.4) is 0 Å². The van der Waals surface area contributed by atoms with Crippen LogP contribution >= 0.6 is 11.3 Å². The number of alkyl halides is 3. The second kappa shape index (κ2) is 8.28. The summed E-state index contributed by atoms with van der Waals surface area (Å²) in [7, 11) is -5.98. The molecule has 0 unspecified atom stereocenters. The number of hydrogen-bond acceptors (Lipinski definition) is 7. The van der Waals surface area contributed by atoms with Crippen molar-refractivity contribution in [3.63, 3.8) is 0 Å². The Hall–Kier alpha value is -3.23. The molecule has 0 fully saturated rings. The van der Waals surface area contributed by atoms with Gasteiger partial charge < -0.3 is 4.18 Å². The first kappa shape index (κ1) is 22.9. The summed E-state index contributed by atoms with van der Waals surface area (Å²) >= 11 is 1.44. The van der Waals surface area contributed by atoms with Gasteiger partial charge in [0.05, 0.1) is 21.8 Å². The van der Waals surface area contributed by atoms with Crippen LogP contribution in [0.25, 0.3) is 22.9 Å². The summed E-state index contributed by atoms with van der Waals surface area (Å²) in [5.74, 6) is -0.688. The van der Waals surface area contributed by atoms with Gasteiger partial charge in [0.25, 0.3) is 0 Å². The highest BCUT2D eigenvalue weighted by Gasteiger charge is 2.49. The van der Waals surface area contributed by atoms with Crippen LogP contribution in [0.2, 0.25) is 0 Å². The van der Waals surface area contributed by atoms with Crippen LogP contribution in [-0.2, 0) is 16.5 Å². The van der Waals surface area contributed by atoms with Gasteiger partial charge in [-0.25, -0.2) is 4.98 Å². The number of pyridine rings is 1. The molecule has 0 saturated heterocycles. The Labute approximate surface area is 192 Å². The molecule has 0 atom stereocenters. The van der Waals surface area contributed by atoms with Crippen LogP contribution in [0.1, 0.15) is 39.2 Å². The monoisotopic (exact) mass is 491 g/mol. The Morgan fingerprint density at radius 1 is 1.21 bits per heavy atom. The Bertz CT molecular complexity index is 1440. The first-order valence-electron chi connectivity index (χ1n) is 9.67. The molecule has 0 radical (unpaired) electrons. The van der Waals surface area contributed by atoms with Crippen LogP contribution in [0.5, 0.6) is 5.75 Å². The lowest BCUT2D eigenvalue weighted by Gasteiger charge is -2.23. The molecule has 0 bridgehead atoms. The van der Waals surface area contributed by atoms with Gasteiger partial charge >= 0.3 is 15.6 Å². The highest BCUT2D eigenvalue weighted by Crippen LogP contribution is 2.43. The second-order valence-electron chi connectivity index (χ2n) is 7.39. The minimum atomic E-state index is -5.98. The molecule has 0 N–H and O–H groups in total. The molecular weight excluding hydrogens is 475 g/mol. The number of nitrogens with zero attached hydrogens (tertiary/aromatic N) is 3. The zero-order chi connectivity index (χ0) is 24.0. The van der Waals surface area contributed by atoms with Gasteiger partial charge in [0.2, 0.25) is 0 Å². The molecule has 2 aromatic heterocycles. The number of aryl methyl sites for hydroxylation is 2. The Kier molecular flexibility index (Phi) is 5.76. The van der Waals surface area contributed by atoms with Crippen molar-refractivity contribution in [2.75, 3.05) is 0 Å². The van der Waals surface area contributed by atoms with Gasteiger partial charge in [0, 0.05) is 11.8 Å². The molecule has 1 aromatic carbocycles. The SMILES string of the molecule is Cc1cccnc1-c1c(C#N)c(OS(=O)(=O)C(F)(F)F)cc2c1CCC(c1scnc1C)=C2. The van der Waals surface area contributed by atoms with Crippen molar-refractivity contribution in [1.82, 2.24) is 9.97 Å². The molecule has 0 saturated carbocycles. The lowest BCUT2D eigenvalue weighted by Crippen LogP contribution is -2.28. The van der Waals surface area contributed by atoms with Crippen molar-refractivity contribution < 1.29 is 25.8 Å². The first-order chi connectivity index (χ1) is 15.5. The van der Waals surface area contributed by atoms with Crippen molar-refractivity contribution in [2.45, 2.75) is 32.2 Å². The maximum absolute atomic E-state index is 13.0. The maximum atomic E-state index is 13.0. The summed E-state index contributed by atoms with van der Waals surface area (Å²) in [6, 6.07) is 6.45. The van der Waals surface area contributed by atoms with Gasteiger partial charge in [-0.3, -0.25) is 4.98 Å². The van der Waals surface area contributed by atoms with Crippen molar-refractivity contribution in [3.8, 4) is 23.1 Å². The van der Waals surface area contributed by atoms with Crippen LogP contribution in [0, 0.1) is 25.2 Å². The number of hydrogen-bond donors (Lipinski definition) is 0. The maximum Gasteiger partial charge on any atom is 0.534 e. The molecule has 6 nitrogen and oxygen atoms in total. The molecule has 0 spiro atoms. The van der Waals surface area contributed by atoms with Crippen LogP contribution < -0.4 is 4.18 Å². The summed E-state index contributed by atoms with van der Waals surface area (Å²) in [5.41, 5.74) is -0.0194. The van der Waals surface area contributed by atoms with Gasteiger partial charge in [0.15, 0.2) is 5.75 Å². The zero-order valence-electron chi connectivity index (χ0n) is 17.4. The molecular formula is C22H16F3N3O3S2. The topological polar surface area (TPSA) is 92.9 Å². The number of halogens is 3. The molecule has 1 aliphatic carbocycles. The molecule has 4 rings (SSSR count). The average molecular weight is 492 g/mol. The third kappa shape index (κ3) is 4.12. The lowest BCUT2D eigenvalue weighted by atomic mass is 9.83. The number of benzene rings is 1. The summed E-state index contributed by atoms with van der Waals surface area (Å²) < 4.78 is 67.2. The number of aromatic nitrogens is 2. The molecule has 11 heteroatoms. The van der Waals surface area contributed by atoms with E-state index in [-0.39, 0.29) is 11.1 Å². The highest BCUT2D eigenvalue weighted by atomic mass is 32.2. The first-order valence-corrected chi connectivity index (χ1v) is 12.0. The lowest BCUT2D eigenvalue weighted by molar-refractivity contribution is -0.0500. The fourth-order valence-electron chi connectivity index (χ4n) is 3.78. The summed E-state index contributed by atoms with van der Waals surface area (Å²) in [5, 5.41) is 9.84. The van der Waals surface area contributed by atoms with Crippen molar-refractivity contribution in [1.29, 1.82) is 5.26 Å². The van der Waals surface area contributed by atoms with Gasteiger partial charge in [0.1, 0.15) is 11.6 Å². The molecule has 170 valence electrons. The van der Waals surface area contributed by atoms with Crippen LogP contribution in [-0.4, -0.2) is 23.9 Å². The van der Waals surface area contributed by atoms with E-state index < -0.39 is 21.4 Å². The van der Waals surface area contributed by atoms with Crippen LogP contribution in [0.4, 0.5) is 13.2 Å². The van der Waals surface area contributed by atoms with Gasteiger partial charge in [-0.1, -0.05) is 6.07 Å². The molecule has 3 aromatic rings. The molecule has 33 heavy (non-hydrogen) atoms. The normalized spacial score (nSPS) is 13.8. The number of fused-ring (bicyclic) bond motifs is 1. The number of nitriles is 1. The molecule has 0 amide bonds. The zero-order valence-corrected chi connectivity index (χ0v) is 19.0. The van der Waals surface area contributed by atoms with E-state index in [1.54, 1.807) is 30.6 Å².